The van der Waals surface area contributed by atoms with Gasteiger partial charge in [0.25, 0.3) is 0 Å². The largest absolute Gasteiger partial charge is 0.416 e. The average Bonchev–Trinajstić information content (AvgIpc) is 3.36. The lowest BCUT2D eigenvalue weighted by atomic mass is 9.95. The SMILES string of the molecule is C=C.C=Cc1cccc(CS)c1.CCCN(CCC)C1CCN(C(=O)CC(C)CCC(C)C)CC1.CNc1ccc(N2CCCCC2)cc1-c1cc(C)ccn1.NCc1cccc(C(F)(F)F)c1. The Morgan fingerprint density at radius 3 is 2.10 bits per heavy atom. The van der Waals surface area contributed by atoms with Crippen molar-refractivity contribution in [3.63, 3.8) is 0 Å². The molecule has 6 rings (SSSR count). The van der Waals surface area contributed by atoms with Crippen LogP contribution < -0.4 is 16.0 Å². The van der Waals surface area contributed by atoms with Crippen molar-refractivity contribution < 1.29 is 18.0 Å². The van der Waals surface area contributed by atoms with Crippen LogP contribution in [0.1, 0.15) is 127 Å². The Morgan fingerprint density at radius 2 is 1.54 bits per heavy atom. The Hall–Kier alpha value is -4.58. The van der Waals surface area contributed by atoms with E-state index in [0.717, 1.165) is 73.1 Å². The van der Waals surface area contributed by atoms with Crippen molar-refractivity contribution >= 4 is 36.0 Å². The molecule has 1 unspecified atom stereocenters. The predicted octanol–water partition coefficient (Wildman–Crippen LogP) is 14.4. The number of hydrogen-bond acceptors (Lipinski definition) is 7. The van der Waals surface area contributed by atoms with Crippen LogP contribution in [0.4, 0.5) is 24.5 Å². The molecule has 11 heteroatoms. The number of halogens is 3. The van der Waals surface area contributed by atoms with E-state index in [1.807, 2.05) is 37.5 Å². The molecule has 0 radical (unpaired) electrons. The lowest BCUT2D eigenvalue weighted by molar-refractivity contribution is -0.137. The lowest BCUT2D eigenvalue weighted by Gasteiger charge is -2.38. The molecule has 0 bridgehead atoms. The summed E-state index contributed by atoms with van der Waals surface area (Å²) in [5.74, 6) is 2.45. The number of pyridine rings is 1. The van der Waals surface area contributed by atoms with Crippen molar-refractivity contribution in [1.29, 1.82) is 0 Å². The van der Waals surface area contributed by atoms with Gasteiger partial charge in [-0.15, -0.1) is 13.2 Å². The van der Waals surface area contributed by atoms with Gasteiger partial charge in [0.15, 0.2) is 0 Å². The molecule has 4 aromatic rings. The quantitative estimate of drug-likeness (QED) is 0.0767. The molecule has 2 saturated heterocycles. The summed E-state index contributed by atoms with van der Waals surface area (Å²) < 4.78 is 36.2. The van der Waals surface area contributed by atoms with Gasteiger partial charge in [0.2, 0.25) is 5.91 Å². The van der Waals surface area contributed by atoms with Gasteiger partial charge in [0.1, 0.15) is 0 Å². The van der Waals surface area contributed by atoms with Crippen LogP contribution in [-0.4, -0.2) is 73.0 Å². The predicted molar refractivity (Wildman–Crippen MR) is 289 cm³/mol. The van der Waals surface area contributed by atoms with E-state index in [1.165, 1.54) is 99.6 Å². The molecule has 0 aliphatic carbocycles. The minimum Gasteiger partial charge on any atom is -0.388 e. The van der Waals surface area contributed by atoms with Crippen molar-refractivity contribution in [3.05, 3.63) is 133 Å². The second-order valence-electron chi connectivity index (χ2n) is 18.2. The number of amides is 1. The number of aryl methyl sites for hydroxylation is 1. The van der Waals surface area contributed by atoms with Crippen molar-refractivity contribution in [2.75, 3.05) is 56.5 Å². The van der Waals surface area contributed by atoms with Crippen molar-refractivity contribution in [1.82, 2.24) is 14.8 Å². The van der Waals surface area contributed by atoms with E-state index < -0.39 is 11.7 Å². The number of nitrogens with one attached hydrogen (secondary N) is 1. The van der Waals surface area contributed by atoms with Crippen molar-refractivity contribution in [2.45, 2.75) is 130 Å². The third-order valence-electron chi connectivity index (χ3n) is 12.2. The van der Waals surface area contributed by atoms with Crippen LogP contribution in [0.15, 0.2) is 105 Å². The number of nitrogens with two attached hydrogens (primary N) is 1. The standard InChI is InChI=1S/C20H40N2O.C18H23N3.C9H10S.C8H8F3N.C2H4/c1-6-12-21(13-7-2)19-10-14-22(15-11-19)20(23)16-18(5)9-8-17(3)4;1-14-8-9-20-18(12-14)16-13-15(6-7-17(16)19-2)21-10-4-3-5-11-21;1-2-8-4-3-5-9(6-8)7-10;9-8(10,11)7-3-1-2-6(4-7)5-12;1-2/h17-19H,6-16H2,1-5H3;6-9,12-13,19H,3-5,10-11H2,1-2H3;2-6,10H,1,7H2;1-4H,5,12H2;1-2H2. The van der Waals surface area contributed by atoms with E-state index in [1.54, 1.807) is 6.07 Å². The Morgan fingerprint density at radius 1 is 0.897 bits per heavy atom. The molecule has 3 N–H and O–H groups in total. The molecule has 376 valence electrons. The van der Waals surface area contributed by atoms with Gasteiger partial charge in [-0.05, 0) is 142 Å². The molecule has 68 heavy (non-hydrogen) atoms. The molecular formula is C57H85F3N6OS. The highest BCUT2D eigenvalue weighted by Gasteiger charge is 2.30. The molecular weight excluding hydrogens is 874 g/mol. The number of alkyl halides is 3. The first-order valence-corrected chi connectivity index (χ1v) is 25.5. The first kappa shape index (κ1) is 59.5. The van der Waals surface area contributed by atoms with Crippen LogP contribution in [0.25, 0.3) is 17.3 Å². The maximum Gasteiger partial charge on any atom is 0.416 e. The number of carbonyl (C=O) groups is 1. The van der Waals surface area contributed by atoms with Gasteiger partial charge < -0.3 is 25.8 Å². The van der Waals surface area contributed by atoms with Gasteiger partial charge in [-0.2, -0.15) is 25.8 Å². The minimum atomic E-state index is -4.27. The zero-order chi connectivity index (χ0) is 50.5. The Bertz CT molecular complexity index is 2010. The van der Waals surface area contributed by atoms with Crippen LogP contribution in [0.2, 0.25) is 0 Å². The smallest absolute Gasteiger partial charge is 0.388 e. The van der Waals surface area contributed by atoms with Gasteiger partial charge in [-0.3, -0.25) is 9.78 Å². The monoisotopic (exact) mass is 959 g/mol. The number of nitrogens with zero attached hydrogens (tertiary/aromatic N) is 4. The zero-order valence-corrected chi connectivity index (χ0v) is 43.5. The van der Waals surface area contributed by atoms with E-state index in [0.29, 0.717) is 23.4 Å². The molecule has 3 heterocycles. The van der Waals surface area contributed by atoms with E-state index in [9.17, 15) is 18.0 Å². The summed E-state index contributed by atoms with van der Waals surface area (Å²) in [5.41, 5.74) is 13.3. The molecule has 2 aliphatic heterocycles. The van der Waals surface area contributed by atoms with Crippen LogP contribution in [0.5, 0.6) is 0 Å². The highest BCUT2D eigenvalue weighted by Crippen LogP contribution is 2.33. The van der Waals surface area contributed by atoms with Gasteiger partial charge in [-0.1, -0.05) is 96.2 Å². The molecule has 2 fully saturated rings. The minimum absolute atomic E-state index is 0.129. The number of rotatable bonds is 16. The summed E-state index contributed by atoms with van der Waals surface area (Å²) in [7, 11) is 1.97. The van der Waals surface area contributed by atoms with Crippen molar-refractivity contribution in [2.24, 2.45) is 17.6 Å². The van der Waals surface area contributed by atoms with E-state index in [2.05, 4.69) is 135 Å². The normalized spacial score (nSPS) is 14.2. The summed E-state index contributed by atoms with van der Waals surface area (Å²) in [5, 5.41) is 3.29. The number of thiol groups is 1. The maximum absolute atomic E-state index is 12.5. The average molecular weight is 959 g/mol. The fourth-order valence-electron chi connectivity index (χ4n) is 8.37. The molecule has 1 atom stereocenters. The van der Waals surface area contributed by atoms with Gasteiger partial charge in [-0.25, -0.2) is 0 Å². The number of piperidine rings is 2. The van der Waals surface area contributed by atoms with E-state index in [4.69, 9.17) is 5.73 Å². The van der Waals surface area contributed by atoms with Crippen LogP contribution in [-0.2, 0) is 23.3 Å². The van der Waals surface area contributed by atoms with Crippen LogP contribution in [0, 0.1) is 18.8 Å². The number of carbonyl (C=O) groups excluding carboxylic acids is 1. The van der Waals surface area contributed by atoms with Crippen molar-refractivity contribution in [3.8, 4) is 11.3 Å². The number of hydrogen-bond donors (Lipinski definition) is 3. The number of aromatic nitrogens is 1. The third kappa shape index (κ3) is 21.8. The first-order valence-electron chi connectivity index (χ1n) is 24.9. The zero-order valence-electron chi connectivity index (χ0n) is 42.6. The third-order valence-corrected chi connectivity index (χ3v) is 12.5. The number of anilines is 2. The molecule has 0 spiro atoms. The molecule has 0 saturated carbocycles. The summed E-state index contributed by atoms with van der Waals surface area (Å²) >= 11 is 4.16. The Kier molecular flexibility index (Phi) is 28.9. The Labute approximate surface area is 415 Å². The lowest BCUT2D eigenvalue weighted by Crippen LogP contribution is -2.47. The summed E-state index contributed by atoms with van der Waals surface area (Å²) in [6, 6.07) is 24.7. The second-order valence-corrected chi connectivity index (χ2v) is 18.5. The summed E-state index contributed by atoms with van der Waals surface area (Å²) in [6.07, 6.45) is 11.3. The number of benzene rings is 3. The second kappa shape index (κ2) is 33.0. The first-order chi connectivity index (χ1) is 32.6. The van der Waals surface area contributed by atoms with E-state index >= 15 is 0 Å². The number of likely N-dealkylation sites (tertiary alicyclic amines) is 1. The topological polar surface area (TPSA) is 77.7 Å². The maximum atomic E-state index is 12.5. The highest BCUT2D eigenvalue weighted by molar-refractivity contribution is 7.79. The molecule has 2 aliphatic rings. The molecule has 1 amide bonds. The molecule has 7 nitrogen and oxygen atoms in total. The van der Waals surface area contributed by atoms with Gasteiger partial charge in [0, 0.05) is 81.1 Å². The molecule has 3 aromatic carbocycles. The van der Waals surface area contributed by atoms with Gasteiger partial charge in [0.05, 0.1) is 11.3 Å². The van der Waals surface area contributed by atoms with Crippen LogP contribution >= 0.6 is 12.6 Å². The fraction of sp³-hybridized carbons (Fsp3) is 0.509. The summed E-state index contributed by atoms with van der Waals surface area (Å²) in [6.45, 7) is 29.9. The molecule has 1 aromatic heterocycles. The summed E-state index contributed by atoms with van der Waals surface area (Å²) in [4.78, 5) is 24.3. The fourth-order valence-corrected chi connectivity index (χ4v) is 8.56. The van der Waals surface area contributed by atoms with E-state index in [-0.39, 0.29) is 6.54 Å². The van der Waals surface area contributed by atoms with Gasteiger partial charge >= 0.3 is 6.18 Å². The Balaban J connectivity index is 0.000000323. The van der Waals surface area contributed by atoms with Crippen LogP contribution in [0.3, 0.4) is 0 Å². The highest BCUT2D eigenvalue weighted by atomic mass is 32.1.